The molecular formula is C21H21F3N2O3S. The highest BCUT2D eigenvalue weighted by atomic mass is 32.2. The first-order chi connectivity index (χ1) is 14.1. The van der Waals surface area contributed by atoms with E-state index in [2.05, 4.69) is 6.58 Å². The summed E-state index contributed by atoms with van der Waals surface area (Å²) in [5, 5.41) is 0. The number of anilines is 1. The van der Waals surface area contributed by atoms with Gasteiger partial charge in [0, 0.05) is 38.3 Å². The van der Waals surface area contributed by atoms with Crippen LogP contribution in [0.25, 0.3) is 0 Å². The van der Waals surface area contributed by atoms with Crippen LogP contribution in [-0.2, 0) is 27.4 Å². The number of ketones is 1. The fraction of sp³-hybridized carbons (Fsp3) is 0.286. The molecular weight excluding hydrogens is 417 g/mol. The van der Waals surface area contributed by atoms with Gasteiger partial charge in [-0.25, -0.2) is 8.42 Å². The van der Waals surface area contributed by atoms with Crippen LogP contribution in [0.5, 0.6) is 0 Å². The van der Waals surface area contributed by atoms with Gasteiger partial charge in [-0.3, -0.25) is 4.79 Å². The molecule has 3 rings (SSSR count). The second kappa shape index (κ2) is 8.61. The Kier molecular flexibility index (Phi) is 6.33. The molecule has 2 aromatic carbocycles. The summed E-state index contributed by atoms with van der Waals surface area (Å²) in [4.78, 5) is 13.4. The summed E-state index contributed by atoms with van der Waals surface area (Å²) in [5.41, 5.74) is 0.605. The number of hydrogen-bond acceptors (Lipinski definition) is 4. The van der Waals surface area contributed by atoms with Crippen LogP contribution in [0, 0.1) is 0 Å². The molecule has 1 heterocycles. The van der Waals surface area contributed by atoms with Crippen LogP contribution in [0.15, 0.2) is 66.1 Å². The third-order valence-corrected chi connectivity index (χ3v) is 6.88. The summed E-state index contributed by atoms with van der Waals surface area (Å²) >= 11 is 0. The van der Waals surface area contributed by atoms with Crippen LogP contribution in [0.4, 0.5) is 18.9 Å². The molecule has 0 saturated carbocycles. The minimum atomic E-state index is -4.39. The van der Waals surface area contributed by atoms with Crippen LogP contribution in [0.3, 0.4) is 0 Å². The van der Waals surface area contributed by atoms with Crippen molar-refractivity contribution in [3.8, 4) is 0 Å². The van der Waals surface area contributed by atoms with Crippen LogP contribution in [0.2, 0.25) is 0 Å². The molecule has 1 aliphatic heterocycles. The lowest BCUT2D eigenvalue weighted by Crippen LogP contribution is -2.48. The summed E-state index contributed by atoms with van der Waals surface area (Å²) in [6.45, 7) is 4.60. The first-order valence-corrected chi connectivity index (χ1v) is 10.7. The Bertz CT molecular complexity index is 1010. The first kappa shape index (κ1) is 22.0. The van der Waals surface area contributed by atoms with Crippen molar-refractivity contribution in [2.45, 2.75) is 17.5 Å². The Morgan fingerprint density at radius 3 is 2.03 bits per heavy atom. The third kappa shape index (κ3) is 4.91. The topological polar surface area (TPSA) is 57.7 Å². The highest BCUT2D eigenvalue weighted by Crippen LogP contribution is 2.31. The molecule has 0 aliphatic carbocycles. The highest BCUT2D eigenvalue weighted by Gasteiger charge is 2.31. The number of sulfonamides is 1. The SMILES string of the molecule is C=CC(=O)Cc1ccc(S(=O)(=O)N2CCN(c3ccc(C(F)(F)F)cc3)CC2)cc1. The van der Waals surface area contributed by atoms with Crippen molar-refractivity contribution in [1.29, 1.82) is 0 Å². The smallest absolute Gasteiger partial charge is 0.369 e. The number of piperazine rings is 1. The van der Waals surface area contributed by atoms with Crippen LogP contribution >= 0.6 is 0 Å². The maximum absolute atomic E-state index is 12.9. The molecule has 0 unspecified atom stereocenters. The van der Waals surface area contributed by atoms with Crippen molar-refractivity contribution in [3.63, 3.8) is 0 Å². The standard InChI is InChI=1S/C21H21F3N2O3S/c1-2-19(27)15-16-3-9-20(10-4-16)30(28,29)26-13-11-25(12-14-26)18-7-5-17(6-8-18)21(22,23)24/h2-10H,1,11-15H2. The van der Waals surface area contributed by atoms with Gasteiger partial charge in [-0.2, -0.15) is 17.5 Å². The molecule has 0 amide bonds. The highest BCUT2D eigenvalue weighted by molar-refractivity contribution is 7.89. The van der Waals surface area contributed by atoms with Crippen molar-refractivity contribution in [3.05, 3.63) is 72.3 Å². The number of benzene rings is 2. The van der Waals surface area contributed by atoms with Crippen LogP contribution < -0.4 is 4.90 Å². The molecule has 0 N–H and O–H groups in total. The van der Waals surface area contributed by atoms with Gasteiger partial charge in [-0.15, -0.1) is 0 Å². The van der Waals surface area contributed by atoms with Gasteiger partial charge in [0.1, 0.15) is 0 Å². The Labute approximate surface area is 173 Å². The fourth-order valence-electron chi connectivity index (χ4n) is 3.25. The van der Waals surface area contributed by atoms with Gasteiger partial charge in [0.2, 0.25) is 10.0 Å². The molecule has 5 nitrogen and oxygen atoms in total. The molecule has 1 aliphatic rings. The molecule has 160 valence electrons. The summed E-state index contributed by atoms with van der Waals surface area (Å²) < 4.78 is 65.2. The zero-order valence-corrected chi connectivity index (χ0v) is 16.9. The van der Waals surface area contributed by atoms with Crippen LogP contribution in [0.1, 0.15) is 11.1 Å². The average molecular weight is 438 g/mol. The van der Waals surface area contributed by atoms with E-state index in [4.69, 9.17) is 0 Å². The van der Waals surface area contributed by atoms with Crippen molar-refractivity contribution >= 4 is 21.5 Å². The molecule has 0 bridgehead atoms. The maximum atomic E-state index is 12.9. The second-order valence-electron chi connectivity index (χ2n) is 6.93. The monoisotopic (exact) mass is 438 g/mol. The summed E-state index contributed by atoms with van der Waals surface area (Å²) in [6.07, 6.45) is -3.00. The lowest BCUT2D eigenvalue weighted by Gasteiger charge is -2.35. The van der Waals surface area contributed by atoms with E-state index in [1.807, 2.05) is 4.90 Å². The van der Waals surface area contributed by atoms with Gasteiger partial charge >= 0.3 is 6.18 Å². The maximum Gasteiger partial charge on any atom is 0.416 e. The molecule has 0 radical (unpaired) electrons. The number of hydrogen-bond donors (Lipinski definition) is 0. The van der Waals surface area contributed by atoms with Gasteiger partial charge in [0.25, 0.3) is 0 Å². The molecule has 30 heavy (non-hydrogen) atoms. The van der Waals surface area contributed by atoms with Crippen molar-refractivity contribution in [2.75, 3.05) is 31.1 Å². The minimum absolute atomic E-state index is 0.139. The number of nitrogens with zero attached hydrogens (tertiary/aromatic N) is 2. The Morgan fingerprint density at radius 2 is 1.53 bits per heavy atom. The van der Waals surface area contributed by atoms with E-state index in [0.29, 0.717) is 24.3 Å². The summed E-state index contributed by atoms with van der Waals surface area (Å²) in [6, 6.07) is 11.0. The van der Waals surface area contributed by atoms with E-state index in [0.717, 1.165) is 12.1 Å². The molecule has 1 saturated heterocycles. The summed E-state index contributed by atoms with van der Waals surface area (Å²) in [5.74, 6) is -0.148. The van der Waals surface area contributed by atoms with Gasteiger partial charge in [0.05, 0.1) is 10.5 Å². The second-order valence-corrected chi connectivity index (χ2v) is 8.86. The normalized spacial score (nSPS) is 15.8. The predicted octanol–water partition coefficient (Wildman–Crippen LogP) is 3.51. The Hall–Kier alpha value is -2.65. The lowest BCUT2D eigenvalue weighted by molar-refractivity contribution is -0.137. The molecule has 0 aromatic heterocycles. The largest absolute Gasteiger partial charge is 0.416 e. The Morgan fingerprint density at radius 1 is 0.967 bits per heavy atom. The predicted molar refractivity (Wildman–Crippen MR) is 108 cm³/mol. The fourth-order valence-corrected chi connectivity index (χ4v) is 4.67. The first-order valence-electron chi connectivity index (χ1n) is 9.28. The van der Waals surface area contributed by atoms with Crippen molar-refractivity contribution in [1.82, 2.24) is 4.31 Å². The zero-order valence-electron chi connectivity index (χ0n) is 16.1. The number of rotatable bonds is 6. The van der Waals surface area contributed by atoms with E-state index in [9.17, 15) is 26.4 Å². The molecule has 0 atom stereocenters. The van der Waals surface area contributed by atoms with E-state index in [-0.39, 0.29) is 30.2 Å². The van der Waals surface area contributed by atoms with E-state index >= 15 is 0 Å². The number of carbonyl (C=O) groups excluding carboxylic acids is 1. The number of carbonyl (C=O) groups is 1. The third-order valence-electron chi connectivity index (χ3n) is 4.97. The van der Waals surface area contributed by atoms with Gasteiger partial charge < -0.3 is 4.90 Å². The molecule has 0 spiro atoms. The Balaban J connectivity index is 1.65. The van der Waals surface area contributed by atoms with Crippen molar-refractivity contribution in [2.24, 2.45) is 0 Å². The number of allylic oxidation sites excluding steroid dienone is 1. The number of alkyl halides is 3. The minimum Gasteiger partial charge on any atom is -0.369 e. The van der Waals surface area contributed by atoms with Gasteiger partial charge in [-0.05, 0) is 48.0 Å². The average Bonchev–Trinajstić information content (AvgIpc) is 2.73. The lowest BCUT2D eigenvalue weighted by atomic mass is 10.1. The van der Waals surface area contributed by atoms with E-state index < -0.39 is 21.8 Å². The van der Waals surface area contributed by atoms with Crippen molar-refractivity contribution < 1.29 is 26.4 Å². The van der Waals surface area contributed by atoms with E-state index in [1.54, 1.807) is 12.1 Å². The molecule has 1 fully saturated rings. The molecule has 9 heteroatoms. The number of halogens is 3. The van der Waals surface area contributed by atoms with Gasteiger partial charge in [-0.1, -0.05) is 18.7 Å². The molecule has 2 aromatic rings. The zero-order chi connectivity index (χ0) is 21.9. The van der Waals surface area contributed by atoms with Crippen LogP contribution in [-0.4, -0.2) is 44.7 Å². The quantitative estimate of drug-likeness (QED) is 0.648. The van der Waals surface area contributed by atoms with E-state index in [1.165, 1.54) is 34.6 Å². The van der Waals surface area contributed by atoms with Gasteiger partial charge in [0.15, 0.2) is 5.78 Å². The summed E-state index contributed by atoms with van der Waals surface area (Å²) in [7, 11) is -3.69.